The molecule has 6 nitrogen and oxygen atoms in total. The van der Waals surface area contributed by atoms with Gasteiger partial charge in [-0.25, -0.2) is 0 Å². The summed E-state index contributed by atoms with van der Waals surface area (Å²) in [7, 11) is 1.56. The molecule has 29 heavy (non-hydrogen) atoms. The van der Waals surface area contributed by atoms with Crippen LogP contribution in [0.3, 0.4) is 0 Å². The number of hydrogen-bond donors (Lipinski definition) is 2. The molecule has 0 bridgehead atoms. The number of ketones is 2. The molecular weight excluding hydrogens is 392 g/mol. The highest BCUT2D eigenvalue weighted by Crippen LogP contribution is 2.51. The molecule has 3 aliphatic heterocycles. The lowest BCUT2D eigenvalue weighted by atomic mass is 9.71. The Balaban J connectivity index is 1.72. The van der Waals surface area contributed by atoms with Crippen molar-refractivity contribution in [2.75, 3.05) is 25.5 Å². The summed E-state index contributed by atoms with van der Waals surface area (Å²) in [4.78, 5) is 28.2. The fourth-order valence-corrected chi connectivity index (χ4v) is 5.73. The van der Waals surface area contributed by atoms with Crippen molar-refractivity contribution in [3.8, 4) is 5.75 Å². The number of anilines is 1. The molecule has 2 N–H and O–H groups in total. The molecule has 3 heterocycles. The maximum atomic E-state index is 13.5. The number of carbonyl (C=O) groups excluding carboxylic acids is 2. The number of allylic oxidation sites excluding steroid dienone is 1. The average molecular weight is 419 g/mol. The van der Waals surface area contributed by atoms with Crippen LogP contribution < -0.4 is 5.32 Å². The summed E-state index contributed by atoms with van der Waals surface area (Å²) in [5.41, 5.74) is 0.811. The molecule has 1 unspecified atom stereocenters. The van der Waals surface area contributed by atoms with Gasteiger partial charge in [0.15, 0.2) is 11.6 Å². The zero-order chi connectivity index (χ0) is 20.9. The third-order valence-corrected chi connectivity index (χ3v) is 7.32. The van der Waals surface area contributed by atoms with Crippen LogP contribution in [-0.4, -0.2) is 53.4 Å². The van der Waals surface area contributed by atoms with Crippen LogP contribution in [0.2, 0.25) is 5.02 Å². The van der Waals surface area contributed by atoms with Crippen molar-refractivity contribution >= 4 is 28.9 Å². The smallest absolute Gasteiger partial charge is 0.195 e. The molecular formula is C22H27ClN2O4. The number of carbonyl (C=O) groups is 2. The number of benzene rings is 1. The Morgan fingerprint density at radius 2 is 2.24 bits per heavy atom. The van der Waals surface area contributed by atoms with E-state index in [-0.39, 0.29) is 39.9 Å². The zero-order valence-corrected chi connectivity index (χ0v) is 17.8. The van der Waals surface area contributed by atoms with E-state index < -0.39 is 5.54 Å². The van der Waals surface area contributed by atoms with Crippen molar-refractivity contribution < 1.29 is 19.4 Å². The fourth-order valence-electron chi connectivity index (χ4n) is 5.57. The number of Topliss-reactive ketones (excluding diaryl/α,β-unsaturated/α-hetero) is 2. The highest BCUT2D eigenvalue weighted by atomic mass is 35.5. The monoisotopic (exact) mass is 418 g/mol. The van der Waals surface area contributed by atoms with Crippen LogP contribution in [0.15, 0.2) is 24.0 Å². The lowest BCUT2D eigenvalue weighted by molar-refractivity contribution is -0.114. The molecule has 0 radical (unpaired) electrons. The average Bonchev–Trinajstić information content (AvgIpc) is 3.20. The number of hydrogen-bond acceptors (Lipinski definition) is 6. The van der Waals surface area contributed by atoms with E-state index >= 15 is 0 Å². The van der Waals surface area contributed by atoms with E-state index in [1.165, 1.54) is 0 Å². The van der Waals surface area contributed by atoms with Crippen molar-refractivity contribution in [3.63, 3.8) is 0 Å². The predicted octanol–water partition coefficient (Wildman–Crippen LogP) is 3.63. The molecule has 0 amide bonds. The molecule has 1 aromatic carbocycles. The van der Waals surface area contributed by atoms with Gasteiger partial charge in [-0.3, -0.25) is 14.5 Å². The standard InChI is InChI=1S/C22H27ClN2O4/c1-4-13-10-25-8-7-22(18(25)9-14(13)15(11-29-3)12(2)26)21(28)19-17(24-22)6-5-16(23)20(19)27/h5-6,11,13-14,18,24,27H,4,7-10H2,1-3H3/b15-11-/t13-,14+,18?,22+/m1/s1. The highest BCUT2D eigenvalue weighted by molar-refractivity contribution is 6.33. The molecule has 0 saturated carbocycles. The summed E-state index contributed by atoms with van der Waals surface area (Å²) in [6, 6.07) is 3.30. The molecule has 4 rings (SSSR count). The van der Waals surface area contributed by atoms with Crippen molar-refractivity contribution in [2.45, 2.75) is 44.7 Å². The number of phenols is 1. The van der Waals surface area contributed by atoms with Gasteiger partial charge in [0.2, 0.25) is 0 Å². The highest BCUT2D eigenvalue weighted by Gasteiger charge is 2.59. The Kier molecular flexibility index (Phi) is 5.11. The minimum absolute atomic E-state index is 0.00853. The number of nitrogens with zero attached hydrogens (tertiary/aromatic N) is 1. The fraction of sp³-hybridized carbons (Fsp3) is 0.545. The van der Waals surface area contributed by atoms with Gasteiger partial charge >= 0.3 is 0 Å². The van der Waals surface area contributed by atoms with Crippen LogP contribution in [0.1, 0.15) is 43.5 Å². The first-order chi connectivity index (χ1) is 13.8. The number of nitrogens with one attached hydrogen (secondary N) is 1. The Morgan fingerprint density at radius 1 is 1.48 bits per heavy atom. The maximum absolute atomic E-state index is 13.5. The first-order valence-corrected chi connectivity index (χ1v) is 10.5. The molecule has 3 aliphatic rings. The van der Waals surface area contributed by atoms with Gasteiger partial charge in [0.05, 0.1) is 24.0 Å². The molecule has 0 aliphatic carbocycles. The molecule has 2 fully saturated rings. The number of piperidine rings is 1. The normalized spacial score (nSPS) is 31.5. The molecule has 1 aromatic rings. The van der Waals surface area contributed by atoms with Crippen LogP contribution in [0.5, 0.6) is 5.75 Å². The second kappa shape index (κ2) is 7.33. The maximum Gasteiger partial charge on any atom is 0.195 e. The number of fused-ring (bicyclic) bond motifs is 3. The lowest BCUT2D eigenvalue weighted by Gasteiger charge is -2.45. The zero-order valence-electron chi connectivity index (χ0n) is 17.0. The van der Waals surface area contributed by atoms with Crippen LogP contribution in [-0.2, 0) is 9.53 Å². The minimum Gasteiger partial charge on any atom is -0.506 e. The summed E-state index contributed by atoms with van der Waals surface area (Å²) >= 11 is 6.06. The summed E-state index contributed by atoms with van der Waals surface area (Å²) < 4.78 is 5.21. The molecule has 0 aromatic heterocycles. The molecule has 156 valence electrons. The van der Waals surface area contributed by atoms with Crippen molar-refractivity contribution in [3.05, 3.63) is 34.6 Å². The van der Waals surface area contributed by atoms with Gasteiger partial charge in [-0.2, -0.15) is 0 Å². The Hall–Kier alpha value is -2.05. The first kappa shape index (κ1) is 20.2. The topological polar surface area (TPSA) is 78.9 Å². The van der Waals surface area contributed by atoms with E-state index in [1.54, 1.807) is 32.4 Å². The lowest BCUT2D eigenvalue weighted by Crippen LogP contribution is -2.57. The Bertz CT molecular complexity index is 899. The predicted molar refractivity (Wildman–Crippen MR) is 111 cm³/mol. The summed E-state index contributed by atoms with van der Waals surface area (Å²) in [5, 5.41) is 14.0. The summed E-state index contributed by atoms with van der Waals surface area (Å²) in [5.74, 6) is 0.111. The van der Waals surface area contributed by atoms with Gasteiger partial charge in [-0.15, -0.1) is 0 Å². The number of ether oxygens (including phenoxy) is 1. The number of phenolic OH excluding ortho intramolecular Hbond substituents is 1. The molecule has 2 saturated heterocycles. The Morgan fingerprint density at radius 3 is 2.90 bits per heavy atom. The SMILES string of the molecule is CC[C@@H]1CN2CC[C@]3(Nc4ccc(Cl)c(O)c4C3=O)C2C[C@@H]1/C(=C\OC)C(C)=O. The van der Waals surface area contributed by atoms with E-state index in [1.807, 2.05) is 0 Å². The second-order valence-corrected chi connectivity index (χ2v) is 8.79. The van der Waals surface area contributed by atoms with Crippen molar-refractivity contribution in [1.29, 1.82) is 0 Å². The number of aromatic hydroxyl groups is 1. The summed E-state index contributed by atoms with van der Waals surface area (Å²) in [6.07, 6.45) is 3.87. The van der Waals surface area contributed by atoms with Crippen LogP contribution in [0.25, 0.3) is 0 Å². The number of halogens is 1. The van der Waals surface area contributed by atoms with E-state index in [4.69, 9.17) is 16.3 Å². The van der Waals surface area contributed by atoms with Gasteiger partial charge in [0.25, 0.3) is 0 Å². The van der Waals surface area contributed by atoms with Crippen LogP contribution >= 0.6 is 11.6 Å². The van der Waals surface area contributed by atoms with E-state index in [0.717, 1.165) is 19.5 Å². The van der Waals surface area contributed by atoms with E-state index in [9.17, 15) is 14.7 Å². The molecule has 4 atom stereocenters. The minimum atomic E-state index is -0.795. The second-order valence-electron chi connectivity index (χ2n) is 8.38. The van der Waals surface area contributed by atoms with Crippen molar-refractivity contribution in [1.82, 2.24) is 4.90 Å². The van der Waals surface area contributed by atoms with E-state index in [0.29, 0.717) is 30.0 Å². The van der Waals surface area contributed by atoms with E-state index in [2.05, 4.69) is 17.1 Å². The van der Waals surface area contributed by atoms with Crippen molar-refractivity contribution in [2.24, 2.45) is 11.8 Å². The molecule has 1 spiro atoms. The number of rotatable bonds is 4. The number of methoxy groups -OCH3 is 1. The van der Waals surface area contributed by atoms with Crippen LogP contribution in [0, 0.1) is 11.8 Å². The largest absolute Gasteiger partial charge is 0.506 e. The third kappa shape index (κ3) is 2.96. The van der Waals surface area contributed by atoms with Crippen LogP contribution in [0.4, 0.5) is 5.69 Å². The van der Waals surface area contributed by atoms with Gasteiger partial charge in [0, 0.05) is 30.4 Å². The van der Waals surface area contributed by atoms with Gasteiger partial charge in [-0.05, 0) is 43.7 Å². The third-order valence-electron chi connectivity index (χ3n) is 7.01. The Labute approximate surface area is 175 Å². The van der Waals surface area contributed by atoms with Gasteiger partial charge < -0.3 is 15.2 Å². The summed E-state index contributed by atoms with van der Waals surface area (Å²) in [6.45, 7) is 5.35. The quantitative estimate of drug-likeness (QED) is 0.574. The first-order valence-electron chi connectivity index (χ1n) is 10.2. The van der Waals surface area contributed by atoms with Gasteiger partial charge in [0.1, 0.15) is 11.3 Å². The molecule has 7 heteroatoms. The van der Waals surface area contributed by atoms with Gasteiger partial charge in [-0.1, -0.05) is 24.9 Å².